The molecule has 1 atom stereocenters. The number of hydrogen-bond donors (Lipinski definition) is 2. The molecular weight excluding hydrogens is 517 g/mol. The van der Waals surface area contributed by atoms with Crippen molar-refractivity contribution in [2.24, 2.45) is 5.28 Å². The van der Waals surface area contributed by atoms with Crippen LogP contribution in [0.1, 0.15) is 46.0 Å². The van der Waals surface area contributed by atoms with Gasteiger partial charge >= 0.3 is 6.18 Å². The van der Waals surface area contributed by atoms with E-state index in [1.165, 1.54) is 17.9 Å². The maximum absolute atomic E-state index is 13.5. The van der Waals surface area contributed by atoms with Crippen LogP contribution in [-0.2, 0) is 11.0 Å². The third-order valence-electron chi connectivity index (χ3n) is 4.89. The van der Waals surface area contributed by atoms with Gasteiger partial charge in [0.1, 0.15) is 16.8 Å². The summed E-state index contributed by atoms with van der Waals surface area (Å²) < 4.78 is 41.3. The summed E-state index contributed by atoms with van der Waals surface area (Å²) in [5.74, 6) is -1.66. The zero-order valence-corrected chi connectivity index (χ0v) is 21.0. The van der Waals surface area contributed by atoms with Crippen molar-refractivity contribution in [3.05, 3.63) is 74.9 Å². The number of azide groups is 1. The molecule has 0 bridgehead atoms. The Hall–Kier alpha value is -4.16. The number of halogens is 4. The van der Waals surface area contributed by atoms with E-state index in [9.17, 15) is 22.8 Å². The summed E-state index contributed by atoms with van der Waals surface area (Å²) in [6.45, 7) is 5.04. The number of alkyl halides is 3. The van der Waals surface area contributed by atoms with Crippen molar-refractivity contribution in [1.29, 1.82) is 0 Å². The van der Waals surface area contributed by atoms with E-state index in [2.05, 4.69) is 30.8 Å². The number of aryl methyl sites for hydroxylation is 1. The van der Waals surface area contributed by atoms with E-state index >= 15 is 0 Å². The Morgan fingerprint density at radius 2 is 2.08 bits per heavy atom. The topological polar surface area (TPSA) is 137 Å². The summed E-state index contributed by atoms with van der Waals surface area (Å²) >= 11 is 5.92. The van der Waals surface area contributed by atoms with Crippen LogP contribution in [0.4, 0.5) is 18.9 Å². The van der Waals surface area contributed by atoms with E-state index in [-0.39, 0.29) is 23.6 Å². The third-order valence-corrected chi connectivity index (χ3v) is 5.08. The van der Waals surface area contributed by atoms with Crippen LogP contribution < -0.4 is 10.6 Å². The lowest BCUT2D eigenvalue weighted by Crippen LogP contribution is -2.34. The van der Waals surface area contributed by atoms with Crippen LogP contribution >= 0.6 is 11.6 Å². The van der Waals surface area contributed by atoms with Gasteiger partial charge in [0.25, 0.3) is 11.8 Å². The average Bonchev–Trinajstić information content (AvgIpc) is 3.29. The zero-order valence-electron chi connectivity index (χ0n) is 20.2. The highest BCUT2D eigenvalue weighted by Gasteiger charge is 2.37. The molecule has 1 aromatic carbocycles. The first kappa shape index (κ1) is 29.1. The Morgan fingerprint density at radius 3 is 2.68 bits per heavy atom. The van der Waals surface area contributed by atoms with Crippen LogP contribution in [0.3, 0.4) is 0 Å². The molecule has 198 valence electrons. The lowest BCUT2D eigenvalue weighted by molar-refractivity contribution is -0.141. The van der Waals surface area contributed by atoms with Crippen molar-refractivity contribution >= 4 is 34.9 Å². The molecule has 2 rings (SSSR count). The minimum absolute atomic E-state index is 0.00666. The van der Waals surface area contributed by atoms with Crippen LogP contribution in [0.2, 0.25) is 0 Å². The van der Waals surface area contributed by atoms with Gasteiger partial charge in [-0.05, 0) is 37.9 Å². The molecule has 0 saturated heterocycles. The molecule has 0 spiro atoms. The number of amides is 2. The van der Waals surface area contributed by atoms with Crippen molar-refractivity contribution in [2.45, 2.75) is 33.2 Å². The molecule has 0 aliphatic rings. The van der Waals surface area contributed by atoms with E-state index in [0.717, 1.165) is 10.2 Å². The molecule has 0 aliphatic heterocycles. The second-order valence-corrected chi connectivity index (χ2v) is 7.80. The van der Waals surface area contributed by atoms with E-state index in [0.29, 0.717) is 11.6 Å². The van der Waals surface area contributed by atoms with Gasteiger partial charge in [0.15, 0.2) is 11.9 Å². The summed E-state index contributed by atoms with van der Waals surface area (Å²) in [5, 5.41) is 11.4. The molecule has 2 N–H and O–H groups in total. The molecule has 0 saturated carbocycles. The van der Waals surface area contributed by atoms with Crippen molar-refractivity contribution in [1.82, 2.24) is 20.0 Å². The monoisotopic (exact) mass is 540 g/mol. The van der Waals surface area contributed by atoms with Gasteiger partial charge in [0.2, 0.25) is 0 Å². The number of likely N-dealkylation sites (N-methyl/N-ethyl adjacent to an activating group) is 1. The molecule has 2 amide bonds. The summed E-state index contributed by atoms with van der Waals surface area (Å²) in [6, 6.07) is 5.13. The number of anilines is 1. The fraction of sp³-hybridized carbons (Fsp3) is 0.318. The van der Waals surface area contributed by atoms with Gasteiger partial charge in [-0.1, -0.05) is 35.9 Å². The minimum atomic E-state index is -4.84. The van der Waals surface area contributed by atoms with Crippen molar-refractivity contribution in [3.63, 3.8) is 0 Å². The van der Waals surface area contributed by atoms with Crippen LogP contribution in [0.25, 0.3) is 16.3 Å². The minimum Gasteiger partial charge on any atom is -0.409 e. The average molecular weight is 541 g/mol. The maximum atomic E-state index is 13.5. The predicted octanol–water partition coefficient (Wildman–Crippen LogP) is 5.28. The second-order valence-electron chi connectivity index (χ2n) is 7.59. The Kier molecular flexibility index (Phi) is 9.98. The molecule has 2 aromatic rings. The van der Waals surface area contributed by atoms with E-state index in [1.54, 1.807) is 45.2 Å². The first-order chi connectivity index (χ1) is 17.4. The van der Waals surface area contributed by atoms with Crippen LogP contribution in [0, 0.1) is 6.92 Å². The lowest BCUT2D eigenvalue weighted by Gasteiger charge is -2.22. The number of para-hydroxylation sites is 1. The van der Waals surface area contributed by atoms with Gasteiger partial charge in [0, 0.05) is 30.1 Å². The summed E-state index contributed by atoms with van der Waals surface area (Å²) in [4.78, 5) is 34.6. The molecule has 1 unspecified atom stereocenters. The standard InChI is InChI=1S/C22H24ClF3N8O3/c1-5-6-10-33(4)18(12-23)34-16(11-17(30-34)22(24,25)26)21(36)29-19-13(2)8-7-9-15(19)20(35)28-14(3)37-32-31-27/h5-9,11-12,14H,10H2,1-4H3,(H,28,35)(H,29,36)/b6-5-,18-12-. The summed E-state index contributed by atoms with van der Waals surface area (Å²) in [6.07, 6.45) is -2.37. The zero-order chi connectivity index (χ0) is 27.8. The number of carbonyl (C=O) groups is 2. The maximum Gasteiger partial charge on any atom is 0.435 e. The fourth-order valence-electron chi connectivity index (χ4n) is 3.09. The Morgan fingerprint density at radius 1 is 1.38 bits per heavy atom. The summed E-state index contributed by atoms with van der Waals surface area (Å²) in [7, 11) is 1.56. The second kappa shape index (κ2) is 12.7. The number of benzene rings is 1. The van der Waals surface area contributed by atoms with E-state index in [4.69, 9.17) is 17.1 Å². The Bertz CT molecular complexity index is 1250. The molecule has 37 heavy (non-hydrogen) atoms. The van der Waals surface area contributed by atoms with Gasteiger partial charge in [-0.2, -0.15) is 18.3 Å². The van der Waals surface area contributed by atoms with Gasteiger partial charge in [0.05, 0.1) is 11.3 Å². The first-order valence-electron chi connectivity index (χ1n) is 10.7. The smallest absolute Gasteiger partial charge is 0.409 e. The van der Waals surface area contributed by atoms with Crippen molar-refractivity contribution < 1.29 is 27.6 Å². The van der Waals surface area contributed by atoms with Crippen LogP contribution in [-0.4, -0.2) is 46.3 Å². The summed E-state index contributed by atoms with van der Waals surface area (Å²) in [5.41, 5.74) is 8.05. The Balaban J connectivity index is 2.50. The predicted molar refractivity (Wildman–Crippen MR) is 131 cm³/mol. The van der Waals surface area contributed by atoms with E-state index < -0.39 is 35.6 Å². The quantitative estimate of drug-likeness (QED) is 0.105. The van der Waals surface area contributed by atoms with Gasteiger partial charge in [-0.15, -0.1) is 0 Å². The normalized spacial score (nSPS) is 12.6. The first-order valence-corrected chi connectivity index (χ1v) is 11.1. The van der Waals surface area contributed by atoms with Crippen molar-refractivity contribution in [2.75, 3.05) is 18.9 Å². The van der Waals surface area contributed by atoms with Gasteiger partial charge in [-0.25, -0.2) is 4.68 Å². The highest BCUT2D eigenvalue weighted by Crippen LogP contribution is 2.31. The highest BCUT2D eigenvalue weighted by molar-refractivity contribution is 6.27. The van der Waals surface area contributed by atoms with E-state index in [1.807, 2.05) is 0 Å². The molecule has 1 aromatic heterocycles. The molecule has 1 heterocycles. The number of aromatic nitrogens is 2. The van der Waals surface area contributed by atoms with Crippen LogP contribution in [0.15, 0.2) is 47.2 Å². The van der Waals surface area contributed by atoms with Gasteiger partial charge in [-0.3, -0.25) is 9.59 Å². The highest BCUT2D eigenvalue weighted by atomic mass is 35.5. The third kappa shape index (κ3) is 7.41. The number of nitrogens with one attached hydrogen (secondary N) is 2. The number of hydrogen-bond acceptors (Lipinski definition) is 6. The Labute approximate surface area is 215 Å². The number of rotatable bonds is 10. The molecule has 15 heteroatoms. The number of nitrogens with zero attached hydrogens (tertiary/aromatic N) is 6. The number of allylic oxidation sites excluding steroid dienone is 1. The van der Waals surface area contributed by atoms with Crippen molar-refractivity contribution in [3.8, 4) is 0 Å². The van der Waals surface area contributed by atoms with Gasteiger partial charge < -0.3 is 20.4 Å². The molecule has 0 aliphatic carbocycles. The molecular formula is C22H24ClF3N8O3. The molecule has 11 nitrogen and oxygen atoms in total. The SMILES string of the molecule is C/C=C\CN(C)/C(=C/Cl)n1nc(C(F)(F)F)cc1C(=O)Nc1c(C)cccc1C(=O)NC(C)ON=[N+]=[N-]. The molecule has 0 fully saturated rings. The molecule has 0 radical (unpaired) electrons. The number of carbonyl (C=O) groups excluding carboxylic acids is 2. The fourth-order valence-corrected chi connectivity index (χ4v) is 3.34. The van der Waals surface area contributed by atoms with Crippen LogP contribution in [0.5, 0.6) is 0 Å². The largest absolute Gasteiger partial charge is 0.435 e. The lowest BCUT2D eigenvalue weighted by atomic mass is 10.1.